The zero-order valence-corrected chi connectivity index (χ0v) is 11.7. The van der Waals surface area contributed by atoms with Crippen molar-refractivity contribution in [2.75, 3.05) is 13.1 Å². The first-order chi connectivity index (χ1) is 9.70. The van der Waals surface area contributed by atoms with Gasteiger partial charge in [0.25, 0.3) is 5.89 Å². The van der Waals surface area contributed by atoms with Gasteiger partial charge in [0.15, 0.2) is 5.82 Å². The zero-order chi connectivity index (χ0) is 13.9. The lowest BCUT2D eigenvalue weighted by Gasteiger charge is -2.17. The highest BCUT2D eigenvalue weighted by Gasteiger charge is 2.26. The van der Waals surface area contributed by atoms with Crippen molar-refractivity contribution in [1.82, 2.24) is 15.0 Å². The third kappa shape index (κ3) is 3.43. The molecule has 1 fully saturated rings. The Morgan fingerprint density at radius 3 is 3.05 bits per heavy atom. The second-order valence-corrected chi connectivity index (χ2v) is 5.95. The molecule has 0 unspecified atom stereocenters. The molecule has 0 spiro atoms. The minimum atomic E-state index is -0.826. The Morgan fingerprint density at radius 1 is 1.55 bits per heavy atom. The second-order valence-electron chi connectivity index (χ2n) is 5.00. The molecular formula is C13H15N3O3S. The molecule has 20 heavy (non-hydrogen) atoms. The Kier molecular flexibility index (Phi) is 3.79. The number of carboxylic acids is 1. The third-order valence-corrected chi connectivity index (χ3v) is 4.00. The van der Waals surface area contributed by atoms with Gasteiger partial charge in [0.2, 0.25) is 0 Å². The van der Waals surface area contributed by atoms with E-state index in [2.05, 4.69) is 10.1 Å². The number of carboxylic acid groups (broad SMARTS) is 1. The fourth-order valence-corrected chi connectivity index (χ4v) is 2.70. The molecule has 3 rings (SSSR count). The van der Waals surface area contributed by atoms with Gasteiger partial charge in [-0.25, -0.2) is 0 Å². The van der Waals surface area contributed by atoms with E-state index in [9.17, 15) is 4.79 Å². The molecule has 2 aromatic rings. The van der Waals surface area contributed by atoms with E-state index in [0.717, 1.165) is 11.4 Å². The van der Waals surface area contributed by atoms with Crippen molar-refractivity contribution in [3.8, 4) is 10.8 Å². The summed E-state index contributed by atoms with van der Waals surface area (Å²) in [4.78, 5) is 18.0. The first kappa shape index (κ1) is 13.3. The third-order valence-electron chi connectivity index (χ3n) is 3.14. The summed E-state index contributed by atoms with van der Waals surface area (Å²) in [5.41, 5.74) is 0. The van der Waals surface area contributed by atoms with Gasteiger partial charge in [-0.05, 0) is 30.2 Å². The summed E-state index contributed by atoms with van der Waals surface area (Å²) < 4.78 is 5.21. The summed E-state index contributed by atoms with van der Waals surface area (Å²) >= 11 is 1.54. The standard InChI is InChI=1S/C13H15N3O3S/c17-12(18)8-16(6-9-3-4-9)7-11-14-13(19-15-11)10-2-1-5-20-10/h1-2,5,9H,3-4,6-8H2,(H,17,18). The van der Waals surface area contributed by atoms with Gasteiger partial charge in [0.1, 0.15) is 0 Å². The fraction of sp³-hybridized carbons (Fsp3) is 0.462. The van der Waals surface area contributed by atoms with Gasteiger partial charge in [-0.15, -0.1) is 11.3 Å². The highest BCUT2D eigenvalue weighted by Crippen LogP contribution is 2.30. The van der Waals surface area contributed by atoms with Crippen molar-refractivity contribution >= 4 is 17.3 Å². The van der Waals surface area contributed by atoms with Gasteiger partial charge < -0.3 is 9.63 Å². The Labute approximate surface area is 120 Å². The van der Waals surface area contributed by atoms with E-state index in [1.165, 1.54) is 24.2 Å². The van der Waals surface area contributed by atoms with E-state index < -0.39 is 5.97 Å². The molecule has 1 aliphatic carbocycles. The molecule has 1 saturated carbocycles. The van der Waals surface area contributed by atoms with Crippen LogP contribution in [-0.2, 0) is 11.3 Å². The molecule has 6 nitrogen and oxygen atoms in total. The number of nitrogens with zero attached hydrogens (tertiary/aromatic N) is 3. The summed E-state index contributed by atoms with van der Waals surface area (Å²) in [6.45, 7) is 1.21. The largest absolute Gasteiger partial charge is 0.480 e. The van der Waals surface area contributed by atoms with Crippen LogP contribution in [0, 0.1) is 5.92 Å². The maximum absolute atomic E-state index is 10.9. The van der Waals surface area contributed by atoms with Crippen molar-refractivity contribution in [3.63, 3.8) is 0 Å². The van der Waals surface area contributed by atoms with Gasteiger partial charge in [0.05, 0.1) is 18.0 Å². The molecule has 1 aliphatic rings. The minimum absolute atomic E-state index is 0.0133. The van der Waals surface area contributed by atoms with E-state index >= 15 is 0 Å². The van der Waals surface area contributed by atoms with Gasteiger partial charge in [-0.3, -0.25) is 9.69 Å². The molecule has 0 atom stereocenters. The number of aromatic nitrogens is 2. The Balaban J connectivity index is 1.66. The predicted molar refractivity (Wildman–Crippen MR) is 73.2 cm³/mol. The summed E-state index contributed by atoms with van der Waals surface area (Å²) in [6.07, 6.45) is 2.37. The Morgan fingerprint density at radius 2 is 2.40 bits per heavy atom. The first-order valence-corrected chi connectivity index (χ1v) is 7.39. The van der Waals surface area contributed by atoms with Crippen molar-refractivity contribution in [1.29, 1.82) is 0 Å². The maximum Gasteiger partial charge on any atom is 0.317 e. The lowest BCUT2D eigenvalue weighted by Crippen LogP contribution is -2.31. The van der Waals surface area contributed by atoms with Crippen LogP contribution >= 0.6 is 11.3 Å². The van der Waals surface area contributed by atoms with E-state index in [1.54, 1.807) is 0 Å². The first-order valence-electron chi connectivity index (χ1n) is 6.51. The molecular weight excluding hydrogens is 278 g/mol. The monoisotopic (exact) mass is 293 g/mol. The van der Waals surface area contributed by atoms with Crippen molar-refractivity contribution in [3.05, 3.63) is 23.3 Å². The molecule has 0 radical (unpaired) electrons. The summed E-state index contributed by atoms with van der Waals surface area (Å²) in [5, 5.41) is 14.8. The zero-order valence-electron chi connectivity index (χ0n) is 10.9. The Bertz CT molecular complexity index is 577. The molecule has 106 valence electrons. The molecule has 0 amide bonds. The summed E-state index contributed by atoms with van der Waals surface area (Å²) in [5.74, 6) is 0.831. The maximum atomic E-state index is 10.9. The van der Waals surface area contributed by atoms with Gasteiger partial charge in [0, 0.05) is 6.54 Å². The fourth-order valence-electron chi connectivity index (χ4n) is 2.06. The van der Waals surface area contributed by atoms with Gasteiger partial charge in [-0.2, -0.15) is 4.98 Å². The molecule has 1 N–H and O–H groups in total. The number of carbonyl (C=O) groups is 1. The van der Waals surface area contributed by atoms with Gasteiger partial charge in [-0.1, -0.05) is 11.2 Å². The molecule has 2 aromatic heterocycles. The number of hydrogen-bond donors (Lipinski definition) is 1. The average Bonchev–Trinajstić information content (AvgIpc) is 2.91. The van der Waals surface area contributed by atoms with E-state index in [-0.39, 0.29) is 6.54 Å². The van der Waals surface area contributed by atoms with Crippen LogP contribution < -0.4 is 0 Å². The molecule has 2 heterocycles. The summed E-state index contributed by atoms with van der Waals surface area (Å²) in [7, 11) is 0. The molecule has 7 heteroatoms. The Hall–Kier alpha value is -1.73. The van der Waals surface area contributed by atoms with Crippen LogP contribution in [0.3, 0.4) is 0 Å². The molecule has 0 saturated heterocycles. The quantitative estimate of drug-likeness (QED) is 0.842. The predicted octanol–water partition coefficient (Wildman–Crippen LogP) is 2.09. The van der Waals surface area contributed by atoms with Crippen LogP contribution in [-0.4, -0.2) is 39.2 Å². The van der Waals surface area contributed by atoms with Crippen LogP contribution in [0.2, 0.25) is 0 Å². The highest BCUT2D eigenvalue weighted by atomic mass is 32.1. The average molecular weight is 293 g/mol. The van der Waals surface area contributed by atoms with Crippen LogP contribution in [0.25, 0.3) is 10.8 Å². The minimum Gasteiger partial charge on any atom is -0.480 e. The summed E-state index contributed by atoms with van der Waals surface area (Å²) in [6, 6.07) is 3.84. The molecule has 0 aromatic carbocycles. The molecule has 0 bridgehead atoms. The van der Waals surface area contributed by atoms with E-state index in [4.69, 9.17) is 9.63 Å². The van der Waals surface area contributed by atoms with Crippen molar-refractivity contribution in [2.45, 2.75) is 19.4 Å². The normalized spacial score (nSPS) is 14.8. The van der Waals surface area contributed by atoms with Crippen LogP contribution in [0.15, 0.2) is 22.0 Å². The topological polar surface area (TPSA) is 79.5 Å². The second kappa shape index (κ2) is 5.72. The molecule has 0 aliphatic heterocycles. The number of hydrogen-bond acceptors (Lipinski definition) is 6. The lowest BCUT2D eigenvalue weighted by atomic mass is 10.3. The smallest absolute Gasteiger partial charge is 0.317 e. The van der Waals surface area contributed by atoms with Crippen LogP contribution in [0.4, 0.5) is 0 Å². The van der Waals surface area contributed by atoms with Crippen LogP contribution in [0.5, 0.6) is 0 Å². The number of thiophene rings is 1. The van der Waals surface area contributed by atoms with E-state index in [1.807, 2.05) is 22.4 Å². The number of aliphatic carboxylic acids is 1. The number of rotatable bonds is 7. The van der Waals surface area contributed by atoms with Crippen LogP contribution in [0.1, 0.15) is 18.7 Å². The lowest BCUT2D eigenvalue weighted by molar-refractivity contribution is -0.138. The van der Waals surface area contributed by atoms with E-state index in [0.29, 0.717) is 24.2 Å². The highest BCUT2D eigenvalue weighted by molar-refractivity contribution is 7.13. The SMILES string of the molecule is O=C(O)CN(Cc1noc(-c2cccs2)n1)CC1CC1. The van der Waals surface area contributed by atoms with Crippen molar-refractivity contribution < 1.29 is 14.4 Å². The van der Waals surface area contributed by atoms with Gasteiger partial charge >= 0.3 is 5.97 Å². The van der Waals surface area contributed by atoms with Crippen molar-refractivity contribution in [2.24, 2.45) is 5.92 Å².